The van der Waals surface area contributed by atoms with Crippen LogP contribution in [0.15, 0.2) is 24.3 Å². The van der Waals surface area contributed by atoms with Crippen LogP contribution in [0.1, 0.15) is 30.4 Å². The molecule has 0 aromatic heterocycles. The molecule has 1 unspecified atom stereocenters. The summed E-state index contributed by atoms with van der Waals surface area (Å²) < 4.78 is 40.4. The van der Waals surface area contributed by atoms with E-state index in [4.69, 9.17) is 5.73 Å². The van der Waals surface area contributed by atoms with Gasteiger partial charge in [-0.3, -0.25) is 0 Å². The first-order valence-electron chi connectivity index (χ1n) is 6.88. The number of hydrogen-bond donors (Lipinski definition) is 1. The molecule has 1 aromatic rings. The minimum Gasteiger partial charge on any atom is -0.372 e. The van der Waals surface area contributed by atoms with Gasteiger partial charge in [0.15, 0.2) is 0 Å². The summed E-state index contributed by atoms with van der Waals surface area (Å²) in [5, 5.41) is 0. The van der Waals surface area contributed by atoms with Crippen molar-refractivity contribution in [2.24, 2.45) is 5.73 Å². The van der Waals surface area contributed by atoms with Gasteiger partial charge in [0.25, 0.3) is 0 Å². The molecule has 0 saturated heterocycles. The highest BCUT2D eigenvalue weighted by Gasteiger charge is 2.30. The largest absolute Gasteiger partial charge is 0.411 e. The first kappa shape index (κ1) is 15.3. The maximum atomic E-state index is 11.9. The monoisotopic (exact) mass is 287 g/mol. The lowest BCUT2D eigenvalue weighted by atomic mass is 9.76. The van der Waals surface area contributed by atoms with Gasteiger partial charge in [-0.2, -0.15) is 13.2 Å². The van der Waals surface area contributed by atoms with Crippen molar-refractivity contribution in [2.45, 2.75) is 43.8 Å². The molecule has 0 spiro atoms. The Morgan fingerprint density at radius 1 is 1.20 bits per heavy atom. The quantitative estimate of drug-likeness (QED) is 0.844. The molecule has 2 nitrogen and oxygen atoms in total. The molecule has 1 aliphatic rings. The standard InChI is InChI=1S/C15H20F3NO/c16-15(17,18)11-20-9-3-7-14(19)8-6-12-4-1-2-5-13(12)10-14/h1-2,4-5H,3,6-11,19H2. The van der Waals surface area contributed by atoms with E-state index >= 15 is 0 Å². The first-order chi connectivity index (χ1) is 9.38. The molecule has 2 N–H and O–H groups in total. The third kappa shape index (κ3) is 4.49. The van der Waals surface area contributed by atoms with Gasteiger partial charge in [-0.05, 0) is 43.2 Å². The SMILES string of the molecule is NC1(CCCOCC(F)(F)F)CCc2ccccc2C1. The normalized spacial score (nSPS) is 22.6. The molecular weight excluding hydrogens is 267 g/mol. The second-order valence-electron chi connectivity index (χ2n) is 5.58. The summed E-state index contributed by atoms with van der Waals surface area (Å²) in [5.41, 5.74) is 8.65. The number of hydrogen-bond acceptors (Lipinski definition) is 2. The molecular formula is C15H20F3NO. The number of aryl methyl sites for hydroxylation is 1. The van der Waals surface area contributed by atoms with Crippen LogP contribution in [0.5, 0.6) is 0 Å². The summed E-state index contributed by atoms with van der Waals surface area (Å²) in [4.78, 5) is 0. The van der Waals surface area contributed by atoms with Crippen LogP contribution in [-0.4, -0.2) is 24.9 Å². The fourth-order valence-electron chi connectivity index (χ4n) is 2.75. The van der Waals surface area contributed by atoms with E-state index in [1.165, 1.54) is 11.1 Å². The minimum absolute atomic E-state index is 0.111. The first-order valence-corrected chi connectivity index (χ1v) is 6.88. The van der Waals surface area contributed by atoms with Crippen LogP contribution < -0.4 is 5.73 Å². The van der Waals surface area contributed by atoms with Gasteiger partial charge < -0.3 is 10.5 Å². The van der Waals surface area contributed by atoms with Crippen molar-refractivity contribution in [1.82, 2.24) is 0 Å². The zero-order valence-electron chi connectivity index (χ0n) is 11.4. The van der Waals surface area contributed by atoms with Gasteiger partial charge in [-0.25, -0.2) is 0 Å². The zero-order chi connectivity index (χ0) is 14.6. The molecule has 1 atom stereocenters. The van der Waals surface area contributed by atoms with Crippen LogP contribution in [0, 0.1) is 0 Å². The van der Waals surface area contributed by atoms with Gasteiger partial charge in [0.2, 0.25) is 0 Å². The number of ether oxygens (including phenoxy) is 1. The molecule has 0 amide bonds. The van der Waals surface area contributed by atoms with Gasteiger partial charge >= 0.3 is 6.18 Å². The minimum atomic E-state index is -4.25. The van der Waals surface area contributed by atoms with E-state index < -0.39 is 12.8 Å². The van der Waals surface area contributed by atoms with Crippen LogP contribution in [0.2, 0.25) is 0 Å². The summed E-state index contributed by atoms with van der Waals surface area (Å²) in [7, 11) is 0. The van der Waals surface area contributed by atoms with E-state index in [1.54, 1.807) is 0 Å². The lowest BCUT2D eigenvalue weighted by Crippen LogP contribution is -2.45. The van der Waals surface area contributed by atoms with Crippen molar-refractivity contribution in [2.75, 3.05) is 13.2 Å². The smallest absolute Gasteiger partial charge is 0.372 e. The molecule has 0 saturated carbocycles. The molecule has 5 heteroatoms. The topological polar surface area (TPSA) is 35.2 Å². The number of fused-ring (bicyclic) bond motifs is 1. The van der Waals surface area contributed by atoms with Gasteiger partial charge in [-0.15, -0.1) is 0 Å². The third-order valence-corrected chi connectivity index (χ3v) is 3.78. The number of alkyl halides is 3. The average Bonchev–Trinajstić information content (AvgIpc) is 2.37. The zero-order valence-corrected chi connectivity index (χ0v) is 11.4. The van der Waals surface area contributed by atoms with E-state index in [-0.39, 0.29) is 12.1 Å². The van der Waals surface area contributed by atoms with Crippen molar-refractivity contribution >= 4 is 0 Å². The van der Waals surface area contributed by atoms with Gasteiger partial charge in [0.05, 0.1) is 0 Å². The van der Waals surface area contributed by atoms with Crippen LogP contribution in [0.3, 0.4) is 0 Å². The maximum Gasteiger partial charge on any atom is 0.411 e. The van der Waals surface area contributed by atoms with Crippen LogP contribution in [0.25, 0.3) is 0 Å². The van der Waals surface area contributed by atoms with Crippen LogP contribution >= 0.6 is 0 Å². The summed E-state index contributed by atoms with van der Waals surface area (Å²) in [6.07, 6.45) is -0.375. The highest BCUT2D eigenvalue weighted by atomic mass is 19.4. The molecule has 0 aliphatic heterocycles. The summed E-state index contributed by atoms with van der Waals surface area (Å²) in [6, 6.07) is 8.21. The Morgan fingerprint density at radius 2 is 1.90 bits per heavy atom. The Balaban J connectivity index is 1.76. The van der Waals surface area contributed by atoms with E-state index in [1.807, 2.05) is 12.1 Å². The lowest BCUT2D eigenvalue weighted by Gasteiger charge is -2.35. The predicted molar refractivity (Wildman–Crippen MR) is 71.5 cm³/mol. The highest BCUT2D eigenvalue weighted by Crippen LogP contribution is 2.30. The fourth-order valence-corrected chi connectivity index (χ4v) is 2.75. The van der Waals surface area contributed by atoms with Crippen molar-refractivity contribution < 1.29 is 17.9 Å². The number of halogens is 3. The van der Waals surface area contributed by atoms with Crippen molar-refractivity contribution in [3.8, 4) is 0 Å². The van der Waals surface area contributed by atoms with Gasteiger partial charge in [0, 0.05) is 12.1 Å². The van der Waals surface area contributed by atoms with E-state index in [2.05, 4.69) is 16.9 Å². The molecule has 0 bridgehead atoms. The summed E-state index contributed by atoms with van der Waals surface area (Å²) in [5.74, 6) is 0. The Labute approximate surface area is 117 Å². The predicted octanol–water partition coefficient (Wildman–Crippen LogP) is 3.23. The second-order valence-corrected chi connectivity index (χ2v) is 5.58. The Kier molecular flexibility index (Phi) is 4.70. The molecule has 112 valence electrons. The lowest BCUT2D eigenvalue weighted by molar-refractivity contribution is -0.174. The average molecular weight is 287 g/mol. The molecule has 20 heavy (non-hydrogen) atoms. The number of nitrogens with two attached hydrogens (primary N) is 1. The van der Waals surface area contributed by atoms with Gasteiger partial charge in [0.1, 0.15) is 6.61 Å². The summed E-state index contributed by atoms with van der Waals surface area (Å²) >= 11 is 0. The van der Waals surface area contributed by atoms with Crippen molar-refractivity contribution in [3.05, 3.63) is 35.4 Å². The Morgan fingerprint density at radius 3 is 2.60 bits per heavy atom. The van der Waals surface area contributed by atoms with E-state index in [9.17, 15) is 13.2 Å². The maximum absolute atomic E-state index is 11.9. The number of rotatable bonds is 5. The van der Waals surface area contributed by atoms with Crippen LogP contribution in [0.4, 0.5) is 13.2 Å². The molecule has 0 fully saturated rings. The third-order valence-electron chi connectivity index (χ3n) is 3.78. The molecule has 0 radical (unpaired) electrons. The fraction of sp³-hybridized carbons (Fsp3) is 0.600. The Bertz CT molecular complexity index is 447. The second kappa shape index (κ2) is 6.14. The Hall–Kier alpha value is -1.07. The molecule has 0 heterocycles. The molecule has 2 rings (SSSR count). The van der Waals surface area contributed by atoms with Crippen LogP contribution in [-0.2, 0) is 17.6 Å². The van der Waals surface area contributed by atoms with E-state index in [0.29, 0.717) is 12.8 Å². The molecule has 1 aromatic carbocycles. The van der Waals surface area contributed by atoms with Gasteiger partial charge in [-0.1, -0.05) is 24.3 Å². The molecule has 1 aliphatic carbocycles. The highest BCUT2D eigenvalue weighted by molar-refractivity contribution is 5.31. The number of benzene rings is 1. The van der Waals surface area contributed by atoms with E-state index in [0.717, 1.165) is 19.3 Å². The van der Waals surface area contributed by atoms with Crippen molar-refractivity contribution in [3.63, 3.8) is 0 Å². The summed E-state index contributed by atoms with van der Waals surface area (Å²) in [6.45, 7) is -1.06. The van der Waals surface area contributed by atoms with Crippen molar-refractivity contribution in [1.29, 1.82) is 0 Å².